The number of nitrogens with one attached hydrogen (secondary N) is 2. The van der Waals surface area contributed by atoms with Gasteiger partial charge in [-0.2, -0.15) is 0 Å². The first-order valence-corrected chi connectivity index (χ1v) is 6.64. The molecule has 1 saturated heterocycles. The minimum Gasteiger partial charge on any atom is -0.444 e. The van der Waals surface area contributed by atoms with Crippen molar-refractivity contribution >= 4 is 6.09 Å². The first-order valence-electron chi connectivity index (χ1n) is 6.64. The molecule has 2 fully saturated rings. The molecule has 0 aromatic carbocycles. The molecule has 1 saturated carbocycles. The smallest absolute Gasteiger partial charge is 0.407 e. The van der Waals surface area contributed by atoms with Crippen LogP contribution in [0.3, 0.4) is 0 Å². The molecule has 0 aromatic heterocycles. The van der Waals surface area contributed by atoms with Crippen molar-refractivity contribution < 1.29 is 9.53 Å². The Kier molecular flexibility index (Phi) is 3.61. The van der Waals surface area contributed by atoms with E-state index < -0.39 is 5.60 Å². The summed E-state index contributed by atoms with van der Waals surface area (Å²) >= 11 is 0. The second-order valence-corrected chi connectivity index (χ2v) is 6.33. The van der Waals surface area contributed by atoms with E-state index in [0.717, 1.165) is 31.3 Å². The Morgan fingerprint density at radius 1 is 1.24 bits per heavy atom. The molecule has 1 amide bonds. The maximum Gasteiger partial charge on any atom is 0.407 e. The van der Waals surface area contributed by atoms with E-state index in [1.165, 1.54) is 12.8 Å². The first-order chi connectivity index (χ1) is 7.94. The normalized spacial score (nSPS) is 29.8. The second kappa shape index (κ2) is 4.84. The van der Waals surface area contributed by atoms with E-state index in [9.17, 15) is 4.79 Å². The van der Waals surface area contributed by atoms with E-state index in [-0.39, 0.29) is 12.1 Å². The lowest BCUT2D eigenvalue weighted by atomic mass is 9.91. The standard InChI is InChI=1S/C13H24N2O2/c1-13(2,3)17-12(16)15-11-6-10(7-14-8-11)9-4-5-9/h9-11,14H,4-8H2,1-3H3,(H,15,16). The van der Waals surface area contributed by atoms with Gasteiger partial charge in [-0.1, -0.05) is 0 Å². The summed E-state index contributed by atoms with van der Waals surface area (Å²) in [5, 5.41) is 6.37. The molecule has 4 heteroatoms. The van der Waals surface area contributed by atoms with Crippen molar-refractivity contribution in [2.24, 2.45) is 11.8 Å². The molecule has 4 nitrogen and oxygen atoms in total. The molecule has 2 aliphatic rings. The molecule has 17 heavy (non-hydrogen) atoms. The van der Waals surface area contributed by atoms with Crippen LogP contribution >= 0.6 is 0 Å². The number of hydrogen-bond acceptors (Lipinski definition) is 3. The van der Waals surface area contributed by atoms with Crippen LogP contribution in [0.5, 0.6) is 0 Å². The minimum absolute atomic E-state index is 0.226. The quantitative estimate of drug-likeness (QED) is 0.775. The third-order valence-corrected chi connectivity index (χ3v) is 3.39. The maximum atomic E-state index is 11.7. The van der Waals surface area contributed by atoms with Crippen molar-refractivity contribution in [1.29, 1.82) is 0 Å². The third kappa shape index (κ3) is 4.19. The van der Waals surface area contributed by atoms with Crippen molar-refractivity contribution in [1.82, 2.24) is 10.6 Å². The van der Waals surface area contributed by atoms with Crippen LogP contribution in [0.15, 0.2) is 0 Å². The predicted molar refractivity (Wildman–Crippen MR) is 66.9 cm³/mol. The fraction of sp³-hybridized carbons (Fsp3) is 0.923. The van der Waals surface area contributed by atoms with Crippen LogP contribution in [0.25, 0.3) is 0 Å². The van der Waals surface area contributed by atoms with Crippen molar-refractivity contribution in [3.63, 3.8) is 0 Å². The van der Waals surface area contributed by atoms with Gasteiger partial charge in [-0.05, 0) is 58.4 Å². The number of ether oxygens (including phenoxy) is 1. The van der Waals surface area contributed by atoms with Gasteiger partial charge < -0.3 is 15.4 Å². The van der Waals surface area contributed by atoms with Crippen molar-refractivity contribution in [3.05, 3.63) is 0 Å². The molecule has 0 radical (unpaired) electrons. The second-order valence-electron chi connectivity index (χ2n) is 6.33. The van der Waals surface area contributed by atoms with Crippen LogP contribution in [0.2, 0.25) is 0 Å². The number of hydrogen-bond donors (Lipinski definition) is 2. The topological polar surface area (TPSA) is 50.4 Å². The summed E-state index contributed by atoms with van der Waals surface area (Å²) in [5.41, 5.74) is -0.415. The third-order valence-electron chi connectivity index (χ3n) is 3.39. The Morgan fingerprint density at radius 2 is 1.94 bits per heavy atom. The van der Waals surface area contributed by atoms with Gasteiger partial charge >= 0.3 is 6.09 Å². The van der Waals surface area contributed by atoms with Gasteiger partial charge in [-0.15, -0.1) is 0 Å². The number of amides is 1. The lowest BCUT2D eigenvalue weighted by Gasteiger charge is -2.31. The molecule has 1 aliphatic heterocycles. The van der Waals surface area contributed by atoms with Crippen LogP contribution in [0.4, 0.5) is 4.79 Å². The zero-order valence-corrected chi connectivity index (χ0v) is 11.1. The fourth-order valence-electron chi connectivity index (χ4n) is 2.49. The molecule has 2 unspecified atom stereocenters. The molecular weight excluding hydrogens is 216 g/mol. The maximum absolute atomic E-state index is 11.7. The summed E-state index contributed by atoms with van der Waals surface area (Å²) in [4.78, 5) is 11.7. The number of rotatable bonds is 2. The monoisotopic (exact) mass is 240 g/mol. The van der Waals surface area contributed by atoms with E-state index in [4.69, 9.17) is 4.74 Å². The summed E-state index contributed by atoms with van der Waals surface area (Å²) in [6.45, 7) is 7.63. The Labute approximate surface area is 103 Å². The average Bonchev–Trinajstić information content (AvgIpc) is 2.97. The highest BCUT2D eigenvalue weighted by Gasteiger charge is 2.35. The van der Waals surface area contributed by atoms with Gasteiger partial charge in [0.2, 0.25) is 0 Å². The summed E-state index contributed by atoms with van der Waals surface area (Å²) < 4.78 is 5.27. The van der Waals surface area contributed by atoms with Gasteiger partial charge in [0.05, 0.1) is 0 Å². The van der Waals surface area contributed by atoms with Gasteiger partial charge in [0.15, 0.2) is 0 Å². The Balaban J connectivity index is 1.76. The lowest BCUT2D eigenvalue weighted by Crippen LogP contribution is -2.50. The number of piperidine rings is 1. The number of carbonyl (C=O) groups is 1. The highest BCUT2D eigenvalue weighted by molar-refractivity contribution is 5.68. The molecule has 2 atom stereocenters. The van der Waals surface area contributed by atoms with Gasteiger partial charge in [0.25, 0.3) is 0 Å². The van der Waals surface area contributed by atoms with Crippen molar-refractivity contribution in [2.45, 2.75) is 51.7 Å². The Bertz CT molecular complexity index is 282. The minimum atomic E-state index is -0.415. The first kappa shape index (κ1) is 12.7. The van der Waals surface area contributed by atoms with Gasteiger partial charge in [-0.25, -0.2) is 4.79 Å². The summed E-state index contributed by atoms with van der Waals surface area (Å²) in [7, 11) is 0. The highest BCUT2D eigenvalue weighted by Crippen LogP contribution is 2.39. The molecule has 2 rings (SSSR count). The Hall–Kier alpha value is -0.770. The summed E-state index contributed by atoms with van der Waals surface area (Å²) in [6, 6.07) is 0.226. The van der Waals surface area contributed by atoms with E-state index in [2.05, 4.69) is 10.6 Å². The lowest BCUT2D eigenvalue weighted by molar-refractivity contribution is 0.0487. The van der Waals surface area contributed by atoms with Gasteiger partial charge in [0.1, 0.15) is 5.60 Å². The van der Waals surface area contributed by atoms with E-state index >= 15 is 0 Å². The molecule has 0 bridgehead atoms. The van der Waals surface area contributed by atoms with E-state index in [1.807, 2.05) is 20.8 Å². The van der Waals surface area contributed by atoms with Crippen molar-refractivity contribution in [2.75, 3.05) is 13.1 Å². The Morgan fingerprint density at radius 3 is 2.53 bits per heavy atom. The van der Waals surface area contributed by atoms with E-state index in [1.54, 1.807) is 0 Å². The van der Waals surface area contributed by atoms with Crippen LogP contribution in [-0.2, 0) is 4.74 Å². The van der Waals surface area contributed by atoms with Gasteiger partial charge in [-0.3, -0.25) is 0 Å². The molecule has 1 aliphatic carbocycles. The molecule has 1 heterocycles. The fourth-order valence-corrected chi connectivity index (χ4v) is 2.49. The van der Waals surface area contributed by atoms with Crippen LogP contribution < -0.4 is 10.6 Å². The molecule has 0 spiro atoms. The number of carbonyl (C=O) groups excluding carboxylic acids is 1. The highest BCUT2D eigenvalue weighted by atomic mass is 16.6. The zero-order chi connectivity index (χ0) is 12.5. The number of alkyl carbamates (subject to hydrolysis) is 1. The van der Waals surface area contributed by atoms with Crippen LogP contribution in [-0.4, -0.2) is 30.8 Å². The molecule has 0 aromatic rings. The largest absolute Gasteiger partial charge is 0.444 e. The van der Waals surface area contributed by atoms with Crippen LogP contribution in [0.1, 0.15) is 40.0 Å². The van der Waals surface area contributed by atoms with Gasteiger partial charge in [0, 0.05) is 12.6 Å². The molecular formula is C13H24N2O2. The van der Waals surface area contributed by atoms with Crippen LogP contribution in [0, 0.1) is 11.8 Å². The van der Waals surface area contributed by atoms with Crippen molar-refractivity contribution in [3.8, 4) is 0 Å². The SMILES string of the molecule is CC(C)(C)OC(=O)NC1CNCC(C2CC2)C1. The van der Waals surface area contributed by atoms with E-state index in [0.29, 0.717) is 0 Å². The molecule has 2 N–H and O–H groups in total. The average molecular weight is 240 g/mol. The molecule has 98 valence electrons. The summed E-state index contributed by atoms with van der Waals surface area (Å²) in [6.07, 6.45) is 3.54. The summed E-state index contributed by atoms with van der Waals surface area (Å²) in [5.74, 6) is 1.63. The zero-order valence-electron chi connectivity index (χ0n) is 11.1. The predicted octanol–water partition coefficient (Wildman–Crippen LogP) is 1.90.